The summed E-state index contributed by atoms with van der Waals surface area (Å²) in [6.45, 7) is 8.53. The van der Waals surface area contributed by atoms with Crippen LogP contribution in [0.25, 0.3) is 0 Å². The van der Waals surface area contributed by atoms with Crippen molar-refractivity contribution in [3.8, 4) is 0 Å². The number of ketones is 1. The third-order valence-corrected chi connectivity index (χ3v) is 14.4. The summed E-state index contributed by atoms with van der Waals surface area (Å²) in [7, 11) is -2.34. The van der Waals surface area contributed by atoms with E-state index < -0.39 is 13.9 Å². The maximum atomic E-state index is 13.5. The Morgan fingerprint density at radius 1 is 0.909 bits per heavy atom. The van der Waals surface area contributed by atoms with E-state index in [9.17, 15) is 4.79 Å². The van der Waals surface area contributed by atoms with E-state index in [1.54, 1.807) is 0 Å². The van der Waals surface area contributed by atoms with Gasteiger partial charge in [-0.3, -0.25) is 4.79 Å². The molecule has 1 saturated heterocycles. The summed E-state index contributed by atoms with van der Waals surface area (Å²) < 4.78 is 12.1. The fraction of sp³-hybridized carbons (Fsp3) is 0.483. The van der Waals surface area contributed by atoms with E-state index in [-0.39, 0.29) is 5.04 Å². The summed E-state index contributed by atoms with van der Waals surface area (Å²) in [5, 5.41) is 2.88. The van der Waals surface area contributed by atoms with Crippen molar-refractivity contribution in [2.45, 2.75) is 69.7 Å². The van der Waals surface area contributed by atoms with Gasteiger partial charge in [-0.15, -0.1) is 0 Å². The molecular formula is C29H36O3Si. The van der Waals surface area contributed by atoms with E-state index in [4.69, 9.17) is 9.47 Å². The summed E-state index contributed by atoms with van der Waals surface area (Å²) in [4.78, 5) is 13.5. The number of hydrogen-bond acceptors (Lipinski definition) is 3. The molecule has 0 bridgehead atoms. The van der Waals surface area contributed by atoms with Gasteiger partial charge in [-0.2, -0.15) is 0 Å². The third-order valence-electron chi connectivity index (χ3n) is 8.34. The van der Waals surface area contributed by atoms with Crippen molar-refractivity contribution in [1.82, 2.24) is 0 Å². The largest absolute Gasteiger partial charge is 0.348 e. The standard InChI is InChI=1S/C29H36O3Si/c1-28(2,3)33(23-10-6-4-7-11-23,24-12-8-5-9-13-24)21-26-25-16-17-29(31-18-19-32-29)20-22(25)14-15-27(26)30/h4-13,22H,14-21H2,1-3H3. The Morgan fingerprint density at radius 2 is 1.48 bits per heavy atom. The summed E-state index contributed by atoms with van der Waals surface area (Å²) in [5.41, 5.74) is 2.54. The molecule has 1 unspecified atom stereocenters. The molecule has 3 aliphatic rings. The molecule has 0 aromatic heterocycles. The van der Waals surface area contributed by atoms with Crippen LogP contribution in [-0.2, 0) is 14.3 Å². The van der Waals surface area contributed by atoms with Gasteiger partial charge in [-0.25, -0.2) is 0 Å². The predicted octanol–water partition coefficient (Wildman–Crippen LogP) is 5.25. The van der Waals surface area contributed by atoms with Gasteiger partial charge in [0, 0.05) is 19.3 Å². The van der Waals surface area contributed by atoms with Crippen LogP contribution in [0.4, 0.5) is 0 Å². The smallest absolute Gasteiger partial charge is 0.169 e. The molecule has 0 amide bonds. The Kier molecular flexibility index (Phi) is 5.96. The highest BCUT2D eigenvalue weighted by Crippen LogP contribution is 2.49. The highest BCUT2D eigenvalue weighted by molar-refractivity contribution is 7.04. The van der Waals surface area contributed by atoms with E-state index in [1.807, 2.05) is 0 Å². The Morgan fingerprint density at radius 3 is 2.03 bits per heavy atom. The van der Waals surface area contributed by atoms with Gasteiger partial charge in [-0.1, -0.05) is 97.4 Å². The maximum absolute atomic E-state index is 13.5. The average Bonchev–Trinajstić information content (AvgIpc) is 3.26. The van der Waals surface area contributed by atoms with Gasteiger partial charge < -0.3 is 9.47 Å². The summed E-state index contributed by atoms with van der Waals surface area (Å²) in [6, 6.07) is 22.9. The lowest BCUT2D eigenvalue weighted by atomic mass is 9.72. The summed E-state index contributed by atoms with van der Waals surface area (Å²) in [5.74, 6) is 0.373. The van der Waals surface area contributed by atoms with E-state index in [0.717, 1.165) is 37.3 Å². The minimum Gasteiger partial charge on any atom is -0.348 e. The van der Waals surface area contributed by atoms with Crippen molar-refractivity contribution in [2.75, 3.05) is 13.2 Å². The summed E-state index contributed by atoms with van der Waals surface area (Å²) in [6.07, 6.45) is 4.28. The number of carbonyl (C=O) groups is 1. The molecule has 1 saturated carbocycles. The number of rotatable bonds is 4. The van der Waals surface area contributed by atoms with Crippen molar-refractivity contribution < 1.29 is 14.3 Å². The second kappa shape index (κ2) is 8.64. The van der Waals surface area contributed by atoms with Crippen LogP contribution in [0.1, 0.15) is 52.9 Å². The monoisotopic (exact) mass is 460 g/mol. The number of ether oxygens (including phenoxy) is 2. The lowest BCUT2D eigenvalue weighted by Crippen LogP contribution is -2.64. The van der Waals surface area contributed by atoms with Crippen LogP contribution in [0.15, 0.2) is 71.8 Å². The van der Waals surface area contributed by atoms with Gasteiger partial charge in [0.25, 0.3) is 0 Å². The van der Waals surface area contributed by atoms with Crippen LogP contribution in [0, 0.1) is 5.92 Å². The molecule has 3 nitrogen and oxygen atoms in total. The first-order chi connectivity index (χ1) is 15.8. The fourth-order valence-electron chi connectivity index (χ4n) is 6.62. The SMILES string of the molecule is CC(C)(C)[Si](CC1=C2CCC3(CC2CCC1=O)OCCO3)(c1ccccc1)c1ccccc1. The minimum atomic E-state index is -2.34. The number of allylic oxidation sites excluding steroid dienone is 2. The van der Waals surface area contributed by atoms with Gasteiger partial charge in [0.15, 0.2) is 11.6 Å². The van der Waals surface area contributed by atoms with E-state index in [2.05, 4.69) is 81.4 Å². The number of benzene rings is 2. The second-order valence-corrected chi connectivity index (χ2v) is 15.9. The van der Waals surface area contributed by atoms with Crippen LogP contribution in [0.2, 0.25) is 11.1 Å². The quantitative estimate of drug-likeness (QED) is 0.585. The molecule has 2 aliphatic carbocycles. The molecule has 2 fully saturated rings. The molecule has 4 heteroatoms. The molecule has 1 spiro atoms. The number of carbonyl (C=O) groups excluding carboxylic acids is 1. The second-order valence-electron chi connectivity index (χ2n) is 11.0. The van der Waals surface area contributed by atoms with Crippen molar-refractivity contribution in [3.05, 3.63) is 71.8 Å². The molecule has 174 valence electrons. The number of hydrogen-bond donors (Lipinski definition) is 0. The van der Waals surface area contributed by atoms with Crippen LogP contribution in [0.3, 0.4) is 0 Å². The molecule has 1 heterocycles. The molecular weight excluding hydrogens is 424 g/mol. The van der Waals surface area contributed by atoms with E-state index in [0.29, 0.717) is 31.3 Å². The van der Waals surface area contributed by atoms with Crippen molar-refractivity contribution in [3.63, 3.8) is 0 Å². The molecule has 33 heavy (non-hydrogen) atoms. The van der Waals surface area contributed by atoms with Crippen LogP contribution >= 0.6 is 0 Å². The van der Waals surface area contributed by atoms with Crippen molar-refractivity contribution >= 4 is 24.2 Å². The first-order valence-corrected chi connectivity index (χ1v) is 14.7. The van der Waals surface area contributed by atoms with Crippen molar-refractivity contribution in [1.29, 1.82) is 0 Å². The van der Waals surface area contributed by atoms with Crippen LogP contribution in [-0.4, -0.2) is 32.9 Å². The van der Waals surface area contributed by atoms with Crippen LogP contribution in [0.5, 0.6) is 0 Å². The lowest BCUT2D eigenvalue weighted by Gasteiger charge is -2.47. The Bertz CT molecular complexity index is 990. The first-order valence-electron chi connectivity index (χ1n) is 12.5. The Labute approximate surface area is 199 Å². The molecule has 1 aliphatic heterocycles. The van der Waals surface area contributed by atoms with Gasteiger partial charge in [0.2, 0.25) is 0 Å². The molecule has 2 aromatic rings. The molecule has 0 radical (unpaired) electrons. The van der Waals surface area contributed by atoms with Gasteiger partial charge in [-0.05, 0) is 35.4 Å². The maximum Gasteiger partial charge on any atom is 0.169 e. The topological polar surface area (TPSA) is 35.5 Å². The minimum absolute atomic E-state index is 0.0457. The highest BCUT2D eigenvalue weighted by atomic mass is 28.3. The zero-order valence-electron chi connectivity index (χ0n) is 20.2. The lowest BCUT2D eigenvalue weighted by molar-refractivity contribution is -0.181. The van der Waals surface area contributed by atoms with Gasteiger partial charge in [0.05, 0.1) is 13.2 Å². The van der Waals surface area contributed by atoms with E-state index in [1.165, 1.54) is 15.9 Å². The molecule has 5 rings (SSSR count). The zero-order valence-corrected chi connectivity index (χ0v) is 21.2. The Balaban J connectivity index is 1.64. The fourth-order valence-corrected chi connectivity index (χ4v) is 12.1. The molecule has 2 aromatic carbocycles. The molecule has 0 N–H and O–H groups in total. The van der Waals surface area contributed by atoms with Gasteiger partial charge in [0.1, 0.15) is 8.07 Å². The average molecular weight is 461 g/mol. The van der Waals surface area contributed by atoms with Crippen molar-refractivity contribution in [2.24, 2.45) is 5.92 Å². The molecule has 1 atom stereocenters. The van der Waals surface area contributed by atoms with Crippen LogP contribution < -0.4 is 10.4 Å². The third kappa shape index (κ3) is 3.96. The normalized spacial score (nSPS) is 23.1. The first kappa shape index (κ1) is 22.8. The zero-order chi connectivity index (χ0) is 23.1. The highest BCUT2D eigenvalue weighted by Gasteiger charge is 2.51. The number of fused-ring (bicyclic) bond motifs is 1. The number of Topliss-reactive ketones (excluding diaryl/α,β-unsaturated/α-hetero) is 1. The predicted molar refractivity (Wildman–Crippen MR) is 136 cm³/mol. The van der Waals surface area contributed by atoms with Gasteiger partial charge >= 0.3 is 0 Å². The Hall–Kier alpha value is -2.01. The summed E-state index contributed by atoms with van der Waals surface area (Å²) >= 11 is 0. The van der Waals surface area contributed by atoms with E-state index >= 15 is 0 Å².